The van der Waals surface area contributed by atoms with Gasteiger partial charge in [0.2, 0.25) is 0 Å². The summed E-state index contributed by atoms with van der Waals surface area (Å²) < 4.78 is 18.5. The smallest absolute Gasteiger partial charge is 0.123 e. The Morgan fingerprint density at radius 1 is 1.27 bits per heavy atom. The number of rotatable bonds is 3. The fraction of sp³-hybridized carbons (Fsp3) is 0.278. The molecule has 1 N–H and O–H groups in total. The van der Waals surface area contributed by atoms with Crippen LogP contribution in [0.3, 0.4) is 0 Å². The number of ether oxygens (including phenoxy) is 1. The molecule has 3 heterocycles. The van der Waals surface area contributed by atoms with Crippen LogP contribution in [0.5, 0.6) is 0 Å². The zero-order valence-corrected chi connectivity index (χ0v) is 12.6. The van der Waals surface area contributed by atoms with Crippen LogP contribution in [-0.2, 0) is 11.2 Å². The zero-order chi connectivity index (χ0) is 15.3. The van der Waals surface area contributed by atoms with E-state index in [0.29, 0.717) is 6.10 Å². The first kappa shape index (κ1) is 13.5. The van der Waals surface area contributed by atoms with E-state index in [1.54, 1.807) is 12.1 Å². The number of aromatic nitrogens is 2. The summed E-state index contributed by atoms with van der Waals surface area (Å²) in [5, 5.41) is 1.22. The lowest BCUT2D eigenvalue weighted by Crippen LogP contribution is -1.97. The average molecular weight is 296 g/mol. The highest BCUT2D eigenvalue weighted by molar-refractivity contribution is 5.96. The number of epoxide rings is 1. The number of aromatic amines is 1. The molecule has 1 aliphatic rings. The number of halogens is 1. The molecule has 0 amide bonds. The molecular formula is C18H17FN2O. The second-order valence-corrected chi connectivity index (χ2v) is 5.92. The number of hydrogen-bond donors (Lipinski definition) is 1. The summed E-state index contributed by atoms with van der Waals surface area (Å²) in [5.41, 5.74) is 6.42. The van der Waals surface area contributed by atoms with Crippen LogP contribution in [0, 0.1) is 19.7 Å². The molecule has 3 nitrogen and oxygen atoms in total. The zero-order valence-electron chi connectivity index (χ0n) is 12.6. The number of H-pyrrole nitrogens is 1. The number of hydrogen-bond acceptors (Lipinski definition) is 2. The van der Waals surface area contributed by atoms with Crippen molar-refractivity contribution in [3.63, 3.8) is 0 Å². The van der Waals surface area contributed by atoms with Crippen molar-refractivity contribution in [3.05, 3.63) is 53.1 Å². The predicted octanol–water partition coefficient (Wildman–Crippen LogP) is 3.93. The minimum atomic E-state index is -0.235. The third-order valence-electron chi connectivity index (χ3n) is 4.38. The fourth-order valence-electron chi connectivity index (χ4n) is 2.98. The van der Waals surface area contributed by atoms with Crippen LogP contribution in [0.15, 0.2) is 30.5 Å². The lowest BCUT2D eigenvalue weighted by atomic mass is 10.0. The van der Waals surface area contributed by atoms with E-state index in [0.717, 1.165) is 35.5 Å². The van der Waals surface area contributed by atoms with Gasteiger partial charge in [-0.2, -0.15) is 0 Å². The van der Waals surface area contributed by atoms with Crippen molar-refractivity contribution in [2.45, 2.75) is 26.4 Å². The maximum absolute atomic E-state index is 13.2. The Kier molecular flexibility index (Phi) is 3.01. The Hall–Kier alpha value is -2.20. The SMILES string of the molecule is Cc1[nH]c2c(-c3ccc(F)cc3)ncc(CC3CO3)c2c1C. The van der Waals surface area contributed by atoms with Gasteiger partial charge in [-0.1, -0.05) is 0 Å². The highest BCUT2D eigenvalue weighted by Crippen LogP contribution is 2.33. The quantitative estimate of drug-likeness (QED) is 0.744. The summed E-state index contributed by atoms with van der Waals surface area (Å²) in [6, 6.07) is 6.48. The maximum atomic E-state index is 13.2. The van der Waals surface area contributed by atoms with Gasteiger partial charge < -0.3 is 9.72 Å². The number of nitrogens with one attached hydrogen (secondary N) is 1. The predicted molar refractivity (Wildman–Crippen MR) is 84.4 cm³/mol. The molecule has 0 bridgehead atoms. The number of benzene rings is 1. The van der Waals surface area contributed by atoms with Crippen LogP contribution in [0.4, 0.5) is 4.39 Å². The van der Waals surface area contributed by atoms with E-state index in [9.17, 15) is 4.39 Å². The van der Waals surface area contributed by atoms with Crippen molar-refractivity contribution in [1.82, 2.24) is 9.97 Å². The third-order valence-corrected chi connectivity index (χ3v) is 4.38. The van der Waals surface area contributed by atoms with Gasteiger partial charge in [-0.05, 0) is 49.2 Å². The molecule has 1 saturated heterocycles. The van der Waals surface area contributed by atoms with Crippen molar-refractivity contribution >= 4 is 10.9 Å². The van der Waals surface area contributed by atoms with E-state index < -0.39 is 0 Å². The van der Waals surface area contributed by atoms with Crippen LogP contribution >= 0.6 is 0 Å². The van der Waals surface area contributed by atoms with E-state index >= 15 is 0 Å². The van der Waals surface area contributed by atoms with E-state index in [2.05, 4.69) is 23.8 Å². The molecule has 1 fully saturated rings. The summed E-state index contributed by atoms with van der Waals surface area (Å²) in [6.45, 7) is 5.03. The highest BCUT2D eigenvalue weighted by Gasteiger charge is 2.25. The lowest BCUT2D eigenvalue weighted by molar-refractivity contribution is 0.408. The number of nitrogens with zero attached hydrogens (tertiary/aromatic N) is 1. The van der Waals surface area contributed by atoms with Crippen LogP contribution in [-0.4, -0.2) is 22.7 Å². The number of pyridine rings is 1. The Bertz CT molecular complexity index is 848. The lowest BCUT2D eigenvalue weighted by Gasteiger charge is -2.07. The molecule has 2 aromatic heterocycles. The van der Waals surface area contributed by atoms with Crippen molar-refractivity contribution in [1.29, 1.82) is 0 Å². The van der Waals surface area contributed by atoms with E-state index in [1.807, 2.05) is 6.20 Å². The summed E-state index contributed by atoms with van der Waals surface area (Å²) in [4.78, 5) is 8.08. The minimum Gasteiger partial charge on any atom is -0.373 e. The highest BCUT2D eigenvalue weighted by atomic mass is 19.1. The Labute approximate surface area is 128 Å². The molecule has 0 aliphatic carbocycles. The molecule has 0 radical (unpaired) electrons. The van der Waals surface area contributed by atoms with Gasteiger partial charge in [0.15, 0.2) is 0 Å². The monoisotopic (exact) mass is 296 g/mol. The second-order valence-electron chi connectivity index (χ2n) is 5.92. The summed E-state index contributed by atoms with van der Waals surface area (Å²) in [5.74, 6) is -0.235. The van der Waals surface area contributed by atoms with Gasteiger partial charge in [-0.3, -0.25) is 4.98 Å². The Morgan fingerprint density at radius 2 is 2.00 bits per heavy atom. The van der Waals surface area contributed by atoms with Gasteiger partial charge in [0.05, 0.1) is 23.9 Å². The van der Waals surface area contributed by atoms with Crippen LogP contribution in [0.1, 0.15) is 16.8 Å². The van der Waals surface area contributed by atoms with Crippen molar-refractivity contribution in [2.24, 2.45) is 0 Å². The van der Waals surface area contributed by atoms with Gasteiger partial charge in [-0.25, -0.2) is 4.39 Å². The summed E-state index contributed by atoms with van der Waals surface area (Å²) in [7, 11) is 0. The third kappa shape index (κ3) is 2.20. The first-order chi connectivity index (χ1) is 10.6. The molecule has 1 unspecified atom stereocenters. The summed E-state index contributed by atoms with van der Waals surface area (Å²) in [6.07, 6.45) is 3.16. The van der Waals surface area contributed by atoms with Crippen molar-refractivity contribution in [3.8, 4) is 11.3 Å². The maximum Gasteiger partial charge on any atom is 0.123 e. The van der Waals surface area contributed by atoms with Gasteiger partial charge in [-0.15, -0.1) is 0 Å². The first-order valence-electron chi connectivity index (χ1n) is 7.48. The second kappa shape index (κ2) is 4.92. The van der Waals surface area contributed by atoms with Crippen LogP contribution < -0.4 is 0 Å². The van der Waals surface area contributed by atoms with Crippen LogP contribution in [0.25, 0.3) is 22.2 Å². The topological polar surface area (TPSA) is 41.2 Å². The van der Waals surface area contributed by atoms with E-state index in [4.69, 9.17) is 4.74 Å². The van der Waals surface area contributed by atoms with Crippen LogP contribution in [0.2, 0.25) is 0 Å². The van der Waals surface area contributed by atoms with Gasteiger partial charge in [0.25, 0.3) is 0 Å². The Balaban J connectivity index is 1.92. The molecule has 1 aromatic carbocycles. The number of aryl methyl sites for hydroxylation is 2. The summed E-state index contributed by atoms with van der Waals surface area (Å²) >= 11 is 0. The average Bonchev–Trinajstić information content (AvgIpc) is 3.27. The van der Waals surface area contributed by atoms with Gasteiger partial charge >= 0.3 is 0 Å². The van der Waals surface area contributed by atoms with E-state index in [-0.39, 0.29) is 5.82 Å². The molecule has 4 heteroatoms. The molecule has 3 aromatic rings. The molecule has 112 valence electrons. The largest absolute Gasteiger partial charge is 0.373 e. The number of fused-ring (bicyclic) bond motifs is 1. The standard InChI is InChI=1S/C18H17FN2O/c1-10-11(2)21-18-16(10)13(7-15-9-22-15)8-20-17(18)12-3-5-14(19)6-4-12/h3-6,8,15,21H,7,9H2,1-2H3. The van der Waals surface area contributed by atoms with Crippen molar-refractivity contribution in [2.75, 3.05) is 6.61 Å². The molecule has 22 heavy (non-hydrogen) atoms. The van der Waals surface area contributed by atoms with Crippen molar-refractivity contribution < 1.29 is 9.13 Å². The molecule has 0 spiro atoms. The van der Waals surface area contributed by atoms with Gasteiger partial charge in [0.1, 0.15) is 5.82 Å². The first-order valence-corrected chi connectivity index (χ1v) is 7.48. The van der Waals surface area contributed by atoms with E-state index in [1.165, 1.54) is 28.6 Å². The fourth-order valence-corrected chi connectivity index (χ4v) is 2.98. The Morgan fingerprint density at radius 3 is 2.68 bits per heavy atom. The minimum absolute atomic E-state index is 0.235. The molecule has 1 atom stereocenters. The molecule has 1 aliphatic heterocycles. The molecular weight excluding hydrogens is 279 g/mol. The van der Waals surface area contributed by atoms with Gasteiger partial charge in [0, 0.05) is 29.3 Å². The normalized spacial score (nSPS) is 17.1. The molecule has 0 saturated carbocycles. The molecule has 4 rings (SSSR count).